The summed E-state index contributed by atoms with van der Waals surface area (Å²) in [7, 11) is 0. The van der Waals surface area contributed by atoms with E-state index in [0.29, 0.717) is 6.61 Å². The van der Waals surface area contributed by atoms with E-state index >= 15 is 0 Å². The molecule has 0 fully saturated rings. The fourth-order valence-electron chi connectivity index (χ4n) is 2.33. The molecule has 1 N–H and O–H groups in total. The Labute approximate surface area is 122 Å². The average Bonchev–Trinajstić information content (AvgIpc) is 2.46. The van der Waals surface area contributed by atoms with Crippen molar-refractivity contribution in [2.24, 2.45) is 5.92 Å². The van der Waals surface area contributed by atoms with Crippen molar-refractivity contribution in [1.82, 2.24) is 5.32 Å². The Kier molecular flexibility index (Phi) is 5.25. The summed E-state index contributed by atoms with van der Waals surface area (Å²) in [5.41, 5.74) is 1.13. The van der Waals surface area contributed by atoms with Gasteiger partial charge < -0.3 is 10.1 Å². The lowest BCUT2D eigenvalue weighted by atomic mass is 9.95. The molecule has 1 aromatic carbocycles. The summed E-state index contributed by atoms with van der Waals surface area (Å²) in [6, 6.07) is 8.20. The molecule has 2 rings (SSSR count). The SMILES string of the molecule is CCC(CCBr)NC(=O)C1COc2ccccc2C1. The fraction of sp³-hybridized carbons (Fsp3) is 0.533. The van der Waals surface area contributed by atoms with Crippen molar-refractivity contribution in [3.63, 3.8) is 0 Å². The lowest BCUT2D eigenvalue weighted by Crippen LogP contribution is -2.42. The predicted octanol–water partition coefficient (Wildman–Crippen LogP) is 2.92. The number of carbonyl (C=O) groups excluding carboxylic acids is 1. The Hall–Kier alpha value is -1.03. The third kappa shape index (κ3) is 3.72. The van der Waals surface area contributed by atoms with Crippen molar-refractivity contribution in [3.8, 4) is 5.75 Å². The molecular formula is C15H20BrNO2. The first-order chi connectivity index (χ1) is 9.24. The second kappa shape index (κ2) is 6.94. The number of carbonyl (C=O) groups is 1. The van der Waals surface area contributed by atoms with Crippen molar-refractivity contribution >= 4 is 21.8 Å². The van der Waals surface area contributed by atoms with Crippen LogP contribution in [-0.2, 0) is 11.2 Å². The third-order valence-corrected chi connectivity index (χ3v) is 4.00. The summed E-state index contributed by atoms with van der Waals surface area (Å²) in [6.45, 7) is 2.58. The molecule has 0 bridgehead atoms. The van der Waals surface area contributed by atoms with Crippen molar-refractivity contribution in [1.29, 1.82) is 0 Å². The summed E-state index contributed by atoms with van der Waals surface area (Å²) in [5.74, 6) is 0.959. The minimum Gasteiger partial charge on any atom is -0.492 e. The number of hydrogen-bond acceptors (Lipinski definition) is 2. The van der Waals surface area contributed by atoms with Crippen LogP contribution in [0.25, 0.3) is 0 Å². The molecule has 104 valence electrons. The Bertz CT molecular complexity index is 436. The zero-order valence-electron chi connectivity index (χ0n) is 11.2. The van der Waals surface area contributed by atoms with Crippen LogP contribution in [-0.4, -0.2) is 23.9 Å². The molecule has 0 saturated heterocycles. The second-order valence-electron chi connectivity index (χ2n) is 4.91. The van der Waals surface area contributed by atoms with Gasteiger partial charge in [-0.25, -0.2) is 0 Å². The average molecular weight is 326 g/mol. The van der Waals surface area contributed by atoms with Crippen LogP contribution in [0.3, 0.4) is 0 Å². The van der Waals surface area contributed by atoms with E-state index in [-0.39, 0.29) is 17.9 Å². The van der Waals surface area contributed by atoms with Crippen LogP contribution in [0, 0.1) is 5.92 Å². The van der Waals surface area contributed by atoms with E-state index in [0.717, 1.165) is 35.9 Å². The highest BCUT2D eigenvalue weighted by molar-refractivity contribution is 9.09. The lowest BCUT2D eigenvalue weighted by molar-refractivity contribution is -0.127. The molecule has 0 aliphatic carbocycles. The van der Waals surface area contributed by atoms with E-state index in [4.69, 9.17) is 4.74 Å². The number of ether oxygens (including phenoxy) is 1. The highest BCUT2D eigenvalue weighted by Crippen LogP contribution is 2.26. The van der Waals surface area contributed by atoms with Gasteiger partial charge in [0.2, 0.25) is 5.91 Å². The van der Waals surface area contributed by atoms with Crippen molar-refractivity contribution < 1.29 is 9.53 Å². The molecule has 2 unspecified atom stereocenters. The molecule has 1 amide bonds. The normalized spacial score (nSPS) is 19.2. The fourth-order valence-corrected chi connectivity index (χ4v) is 2.88. The minimum absolute atomic E-state index is 0.0701. The number of alkyl halides is 1. The van der Waals surface area contributed by atoms with Crippen LogP contribution in [0.4, 0.5) is 0 Å². The number of rotatable bonds is 5. The molecule has 1 heterocycles. The Morgan fingerprint density at radius 1 is 1.53 bits per heavy atom. The summed E-state index contributed by atoms with van der Waals surface area (Å²) in [4.78, 5) is 12.2. The summed E-state index contributed by atoms with van der Waals surface area (Å²) >= 11 is 3.42. The molecule has 1 aliphatic heterocycles. The largest absolute Gasteiger partial charge is 0.492 e. The van der Waals surface area contributed by atoms with Crippen LogP contribution < -0.4 is 10.1 Å². The maximum atomic E-state index is 12.2. The molecular weight excluding hydrogens is 306 g/mol. The van der Waals surface area contributed by atoms with Crippen molar-refractivity contribution in [2.45, 2.75) is 32.2 Å². The zero-order valence-corrected chi connectivity index (χ0v) is 12.8. The van der Waals surface area contributed by atoms with Gasteiger partial charge in [-0.2, -0.15) is 0 Å². The molecule has 0 aromatic heterocycles. The van der Waals surface area contributed by atoms with E-state index in [1.165, 1.54) is 0 Å². The summed E-state index contributed by atoms with van der Waals surface area (Å²) < 4.78 is 5.66. The third-order valence-electron chi connectivity index (χ3n) is 3.55. The molecule has 2 atom stereocenters. The number of benzene rings is 1. The molecule has 0 spiro atoms. The van der Waals surface area contributed by atoms with E-state index in [2.05, 4.69) is 28.2 Å². The maximum Gasteiger partial charge on any atom is 0.227 e. The summed E-state index contributed by atoms with van der Waals surface area (Å²) in [5, 5.41) is 4.03. The maximum absolute atomic E-state index is 12.2. The number of halogens is 1. The van der Waals surface area contributed by atoms with Gasteiger partial charge in [0.15, 0.2) is 0 Å². The first kappa shape index (κ1) is 14.4. The van der Waals surface area contributed by atoms with Gasteiger partial charge in [0.25, 0.3) is 0 Å². The highest BCUT2D eigenvalue weighted by Gasteiger charge is 2.26. The molecule has 1 aromatic rings. The standard InChI is InChI=1S/C15H20BrNO2/c1-2-13(7-8-16)17-15(18)12-9-11-5-3-4-6-14(11)19-10-12/h3-6,12-13H,2,7-10H2,1H3,(H,17,18). The van der Waals surface area contributed by atoms with Crippen molar-refractivity contribution in [2.75, 3.05) is 11.9 Å². The molecule has 0 radical (unpaired) electrons. The second-order valence-corrected chi connectivity index (χ2v) is 5.70. The van der Waals surface area contributed by atoms with Crippen LogP contribution in [0.15, 0.2) is 24.3 Å². The van der Waals surface area contributed by atoms with E-state index in [1.807, 2.05) is 24.3 Å². The molecule has 0 saturated carbocycles. The Balaban J connectivity index is 1.95. The topological polar surface area (TPSA) is 38.3 Å². The first-order valence-corrected chi connectivity index (χ1v) is 7.93. The number of amides is 1. The number of nitrogens with one attached hydrogen (secondary N) is 1. The Morgan fingerprint density at radius 2 is 2.32 bits per heavy atom. The Morgan fingerprint density at radius 3 is 3.05 bits per heavy atom. The quantitative estimate of drug-likeness (QED) is 0.845. The number of fused-ring (bicyclic) bond motifs is 1. The highest BCUT2D eigenvalue weighted by atomic mass is 79.9. The van der Waals surface area contributed by atoms with Gasteiger partial charge in [0, 0.05) is 11.4 Å². The van der Waals surface area contributed by atoms with Gasteiger partial charge >= 0.3 is 0 Å². The van der Waals surface area contributed by atoms with Crippen LogP contribution >= 0.6 is 15.9 Å². The van der Waals surface area contributed by atoms with Crippen LogP contribution in [0.2, 0.25) is 0 Å². The number of para-hydroxylation sites is 1. The molecule has 1 aliphatic rings. The monoisotopic (exact) mass is 325 g/mol. The molecule has 3 nitrogen and oxygen atoms in total. The van der Waals surface area contributed by atoms with Gasteiger partial charge in [0.1, 0.15) is 12.4 Å². The van der Waals surface area contributed by atoms with Gasteiger partial charge in [-0.3, -0.25) is 4.79 Å². The lowest BCUT2D eigenvalue weighted by Gasteiger charge is -2.26. The van der Waals surface area contributed by atoms with Gasteiger partial charge in [0.05, 0.1) is 5.92 Å². The van der Waals surface area contributed by atoms with Crippen LogP contribution in [0.1, 0.15) is 25.3 Å². The smallest absolute Gasteiger partial charge is 0.227 e. The predicted molar refractivity (Wildman–Crippen MR) is 79.8 cm³/mol. The first-order valence-electron chi connectivity index (χ1n) is 6.81. The summed E-state index contributed by atoms with van der Waals surface area (Å²) in [6.07, 6.45) is 2.70. The van der Waals surface area contributed by atoms with Crippen molar-refractivity contribution in [3.05, 3.63) is 29.8 Å². The van der Waals surface area contributed by atoms with Gasteiger partial charge in [-0.15, -0.1) is 0 Å². The van der Waals surface area contributed by atoms with Gasteiger partial charge in [-0.1, -0.05) is 41.1 Å². The minimum atomic E-state index is -0.0701. The zero-order chi connectivity index (χ0) is 13.7. The van der Waals surface area contributed by atoms with Crippen LogP contribution in [0.5, 0.6) is 5.75 Å². The molecule has 19 heavy (non-hydrogen) atoms. The van der Waals surface area contributed by atoms with E-state index in [1.54, 1.807) is 0 Å². The van der Waals surface area contributed by atoms with Gasteiger partial charge in [-0.05, 0) is 30.9 Å². The number of hydrogen-bond donors (Lipinski definition) is 1. The van der Waals surface area contributed by atoms with E-state index in [9.17, 15) is 4.79 Å². The molecule has 4 heteroatoms. The van der Waals surface area contributed by atoms with E-state index < -0.39 is 0 Å².